The summed E-state index contributed by atoms with van der Waals surface area (Å²) in [4.78, 5) is 13.8. The lowest BCUT2D eigenvalue weighted by atomic mass is 10.2. The maximum absolute atomic E-state index is 12.5. The van der Waals surface area contributed by atoms with Gasteiger partial charge in [-0.15, -0.1) is 11.3 Å². The summed E-state index contributed by atoms with van der Waals surface area (Å²) < 4.78 is 7.67. The molecule has 0 saturated heterocycles. The topological polar surface area (TPSA) is 83.2 Å². The molecule has 0 bridgehead atoms. The Kier molecular flexibility index (Phi) is 5.62. The van der Waals surface area contributed by atoms with E-state index in [2.05, 4.69) is 16.5 Å². The SMILES string of the molecule is Cn1cc(CNc2sc3c(c2C#N)=C(Cl)CN(C(=O)OC(C)(C)C)C=3Cl)cn1. The number of hydrogen-bond acceptors (Lipinski definition) is 6. The summed E-state index contributed by atoms with van der Waals surface area (Å²) in [5.41, 5.74) is 0.721. The fourth-order valence-electron chi connectivity index (χ4n) is 2.68. The van der Waals surface area contributed by atoms with Gasteiger partial charge in [0.1, 0.15) is 21.8 Å². The summed E-state index contributed by atoms with van der Waals surface area (Å²) in [6, 6.07) is 2.19. The lowest BCUT2D eigenvalue weighted by molar-refractivity contribution is 0.0375. The molecule has 148 valence electrons. The highest BCUT2D eigenvalue weighted by Crippen LogP contribution is 2.26. The van der Waals surface area contributed by atoms with E-state index >= 15 is 0 Å². The van der Waals surface area contributed by atoms with E-state index in [0.29, 0.717) is 31.9 Å². The van der Waals surface area contributed by atoms with E-state index in [0.717, 1.165) is 5.56 Å². The molecule has 0 aliphatic carbocycles. The highest BCUT2D eigenvalue weighted by atomic mass is 35.5. The van der Waals surface area contributed by atoms with E-state index in [1.165, 1.54) is 16.2 Å². The van der Waals surface area contributed by atoms with Crippen LogP contribution < -0.4 is 15.1 Å². The minimum atomic E-state index is -0.662. The van der Waals surface area contributed by atoms with Crippen LogP contribution in [-0.4, -0.2) is 32.9 Å². The molecule has 3 heterocycles. The van der Waals surface area contributed by atoms with E-state index in [1.54, 1.807) is 31.6 Å². The van der Waals surface area contributed by atoms with Crippen molar-refractivity contribution in [3.63, 3.8) is 0 Å². The first-order valence-corrected chi connectivity index (χ1v) is 10.0. The van der Waals surface area contributed by atoms with E-state index in [9.17, 15) is 10.1 Å². The van der Waals surface area contributed by atoms with Gasteiger partial charge in [-0.3, -0.25) is 9.58 Å². The number of aryl methyl sites for hydroxylation is 1. The molecule has 28 heavy (non-hydrogen) atoms. The second-order valence-electron chi connectivity index (χ2n) is 7.26. The van der Waals surface area contributed by atoms with Crippen molar-refractivity contribution < 1.29 is 9.53 Å². The number of fused-ring (bicyclic) bond motifs is 1. The van der Waals surface area contributed by atoms with Gasteiger partial charge in [0.15, 0.2) is 0 Å². The minimum absolute atomic E-state index is 0.0514. The van der Waals surface area contributed by atoms with Crippen LogP contribution in [0.15, 0.2) is 12.4 Å². The number of rotatable bonds is 3. The number of nitrogens with zero attached hydrogens (tertiary/aromatic N) is 4. The smallest absolute Gasteiger partial charge is 0.415 e. The third-order valence-electron chi connectivity index (χ3n) is 3.84. The number of anilines is 1. The Hall–Kier alpha value is -2.21. The molecule has 1 aliphatic rings. The van der Waals surface area contributed by atoms with E-state index < -0.39 is 11.7 Å². The maximum Gasteiger partial charge on any atom is 0.415 e. The van der Waals surface area contributed by atoms with Gasteiger partial charge in [-0.25, -0.2) is 4.79 Å². The molecule has 0 spiro atoms. The molecule has 1 aliphatic heterocycles. The average molecular weight is 440 g/mol. The van der Waals surface area contributed by atoms with Gasteiger partial charge in [0, 0.05) is 35.6 Å². The molecule has 0 radical (unpaired) electrons. The van der Waals surface area contributed by atoms with Gasteiger partial charge in [-0.2, -0.15) is 10.4 Å². The largest absolute Gasteiger partial charge is 0.443 e. The Balaban J connectivity index is 1.99. The van der Waals surface area contributed by atoms with Crippen LogP contribution in [0.1, 0.15) is 31.9 Å². The number of carbonyl (C=O) groups is 1. The number of nitriles is 1. The quantitative estimate of drug-likeness (QED) is 0.743. The van der Waals surface area contributed by atoms with Crippen molar-refractivity contribution in [3.8, 4) is 6.07 Å². The second kappa shape index (κ2) is 7.66. The highest BCUT2D eigenvalue weighted by Gasteiger charge is 2.30. The monoisotopic (exact) mass is 439 g/mol. The minimum Gasteiger partial charge on any atom is -0.443 e. The maximum atomic E-state index is 12.5. The van der Waals surface area contributed by atoms with Gasteiger partial charge in [0.05, 0.1) is 22.8 Å². The number of hydrogen-bond donors (Lipinski definition) is 1. The highest BCUT2D eigenvalue weighted by molar-refractivity contribution is 7.14. The molecule has 2 aromatic heterocycles. The van der Waals surface area contributed by atoms with Crippen LogP contribution in [0.4, 0.5) is 9.80 Å². The lowest BCUT2D eigenvalue weighted by Crippen LogP contribution is -2.43. The standard InChI is InChI=1S/C18H19Cl2N5O2S/c1-18(2,3)27-17(26)25-9-12(19)13-11(5-21)16(28-14(13)15(25)20)22-6-10-7-23-24(4)8-10/h7-8,22H,6,9H2,1-4H3. The first-order valence-electron chi connectivity index (χ1n) is 8.44. The number of amides is 1. The lowest BCUT2D eigenvalue weighted by Gasteiger charge is -2.27. The fraction of sp³-hybridized carbons (Fsp3) is 0.389. The summed E-state index contributed by atoms with van der Waals surface area (Å²) >= 11 is 14.2. The molecular formula is C18H19Cl2N5O2S. The number of nitrogens with one attached hydrogen (secondary N) is 1. The molecule has 2 aromatic rings. The van der Waals surface area contributed by atoms with Gasteiger partial charge in [-0.1, -0.05) is 23.2 Å². The zero-order valence-corrected chi connectivity index (χ0v) is 18.2. The Bertz CT molecular complexity index is 1090. The number of thiophene rings is 1. The average Bonchev–Trinajstić information content (AvgIpc) is 3.18. The summed E-state index contributed by atoms with van der Waals surface area (Å²) in [6.07, 6.45) is 3.04. The summed E-state index contributed by atoms with van der Waals surface area (Å²) in [5.74, 6) is 0. The Morgan fingerprint density at radius 2 is 2.18 bits per heavy atom. The zero-order valence-electron chi connectivity index (χ0n) is 15.8. The van der Waals surface area contributed by atoms with Gasteiger partial charge >= 0.3 is 6.09 Å². The van der Waals surface area contributed by atoms with E-state index in [-0.39, 0.29) is 11.7 Å². The van der Waals surface area contributed by atoms with Crippen molar-refractivity contribution in [2.45, 2.75) is 32.9 Å². The van der Waals surface area contributed by atoms with Crippen LogP contribution in [-0.2, 0) is 18.3 Å². The molecule has 7 nitrogen and oxygen atoms in total. The summed E-state index contributed by atoms with van der Waals surface area (Å²) in [5, 5.41) is 18.8. The Morgan fingerprint density at radius 3 is 2.75 bits per heavy atom. The number of halogens is 2. The third kappa shape index (κ3) is 4.12. The molecule has 1 N–H and O–H groups in total. The van der Waals surface area contributed by atoms with Crippen molar-refractivity contribution in [1.82, 2.24) is 14.7 Å². The number of ether oxygens (including phenoxy) is 1. The van der Waals surface area contributed by atoms with Gasteiger partial charge in [0.2, 0.25) is 0 Å². The van der Waals surface area contributed by atoms with Crippen molar-refractivity contribution in [3.05, 3.63) is 33.3 Å². The fourth-order valence-corrected chi connectivity index (χ4v) is 4.51. The van der Waals surface area contributed by atoms with Crippen LogP contribution >= 0.6 is 34.5 Å². The van der Waals surface area contributed by atoms with Gasteiger partial charge in [0.25, 0.3) is 0 Å². The Labute approximate surface area is 176 Å². The van der Waals surface area contributed by atoms with Crippen molar-refractivity contribution in [2.24, 2.45) is 7.05 Å². The van der Waals surface area contributed by atoms with Crippen LogP contribution in [0.2, 0.25) is 0 Å². The van der Waals surface area contributed by atoms with Crippen molar-refractivity contribution in [2.75, 3.05) is 11.9 Å². The normalized spacial score (nSPS) is 14.0. The van der Waals surface area contributed by atoms with E-state index in [1.807, 2.05) is 13.2 Å². The van der Waals surface area contributed by atoms with Crippen LogP contribution in [0, 0.1) is 11.3 Å². The molecule has 0 fully saturated rings. The van der Waals surface area contributed by atoms with Crippen LogP contribution in [0.5, 0.6) is 0 Å². The zero-order chi connectivity index (χ0) is 20.6. The first-order chi connectivity index (χ1) is 13.1. The van der Waals surface area contributed by atoms with Gasteiger partial charge in [-0.05, 0) is 20.8 Å². The Morgan fingerprint density at radius 1 is 1.46 bits per heavy atom. The summed E-state index contributed by atoms with van der Waals surface area (Å²) in [7, 11) is 1.84. The number of carbonyl (C=O) groups excluding carboxylic acids is 1. The molecule has 0 aromatic carbocycles. The third-order valence-corrected chi connectivity index (χ3v) is 5.81. The van der Waals surface area contributed by atoms with E-state index in [4.69, 9.17) is 27.9 Å². The summed E-state index contributed by atoms with van der Waals surface area (Å²) in [6.45, 7) is 5.87. The first kappa shape index (κ1) is 20.5. The van der Waals surface area contributed by atoms with Crippen LogP contribution in [0.25, 0.3) is 10.2 Å². The molecule has 10 heteroatoms. The van der Waals surface area contributed by atoms with Gasteiger partial charge < -0.3 is 10.1 Å². The van der Waals surface area contributed by atoms with Crippen molar-refractivity contribution in [1.29, 1.82) is 5.26 Å². The molecular weight excluding hydrogens is 421 g/mol. The second-order valence-corrected chi connectivity index (χ2v) is 9.09. The van der Waals surface area contributed by atoms with Crippen molar-refractivity contribution >= 4 is 55.8 Å². The molecule has 1 amide bonds. The predicted octanol–water partition coefficient (Wildman–Crippen LogP) is 2.87. The molecule has 3 rings (SSSR count). The van der Waals surface area contributed by atoms with Crippen LogP contribution in [0.3, 0.4) is 0 Å². The number of aromatic nitrogens is 2. The molecule has 0 saturated carbocycles. The molecule has 0 atom stereocenters. The predicted molar refractivity (Wildman–Crippen MR) is 110 cm³/mol. The molecule has 0 unspecified atom stereocenters.